The molecule has 2 aliphatic rings. The van der Waals surface area contributed by atoms with Gasteiger partial charge in [-0.1, -0.05) is 12.1 Å². The Kier molecular flexibility index (Phi) is 5.74. The number of nitrogens with zero attached hydrogens (tertiary/aromatic N) is 7. The molecule has 200 valence electrons. The molecule has 1 aromatic carbocycles. The highest BCUT2D eigenvalue weighted by Gasteiger charge is 2.56. The number of benzene rings is 1. The summed E-state index contributed by atoms with van der Waals surface area (Å²) in [6.07, 6.45) is 6.82. The van der Waals surface area contributed by atoms with Crippen molar-refractivity contribution in [3.05, 3.63) is 71.4 Å². The molecule has 11 nitrogen and oxygen atoms in total. The molecule has 1 aliphatic carbocycles. The van der Waals surface area contributed by atoms with Crippen molar-refractivity contribution in [2.24, 2.45) is 5.92 Å². The standard InChI is InChI=1S/C28H23BrN8O3/c1-15(38)27-19-9-16(18-12-30-25-7-8-31-36(25)13-18)5-6-20(19)35(34-27)14-26(39)37-21-10-17(21)11-22(37)28(40)33-24-4-2-3-23(29)32-24/h2-9,12-13,17,21-22H,10-11,14H2,1H3,(H,32,33,40)/t17-,21-,22+/m1/s1. The van der Waals surface area contributed by atoms with Crippen LogP contribution in [-0.4, -0.2) is 63.9 Å². The number of aromatic nitrogens is 6. The summed E-state index contributed by atoms with van der Waals surface area (Å²) in [5.41, 5.74) is 3.38. The number of hydrogen-bond acceptors (Lipinski definition) is 7. The van der Waals surface area contributed by atoms with E-state index in [-0.39, 0.29) is 30.2 Å². The number of rotatable bonds is 6. The van der Waals surface area contributed by atoms with Gasteiger partial charge in [-0.3, -0.25) is 19.1 Å². The lowest BCUT2D eigenvalue weighted by Gasteiger charge is -2.26. The molecule has 4 aromatic heterocycles. The zero-order chi connectivity index (χ0) is 27.5. The van der Waals surface area contributed by atoms with E-state index in [4.69, 9.17) is 0 Å². The van der Waals surface area contributed by atoms with Crippen LogP contribution in [0.5, 0.6) is 0 Å². The van der Waals surface area contributed by atoms with E-state index < -0.39 is 6.04 Å². The van der Waals surface area contributed by atoms with E-state index in [1.165, 1.54) is 6.92 Å². The van der Waals surface area contributed by atoms with E-state index in [0.29, 0.717) is 39.4 Å². The average molecular weight is 599 g/mol. The lowest BCUT2D eigenvalue weighted by Crippen LogP contribution is -2.46. The largest absolute Gasteiger partial charge is 0.326 e. The van der Waals surface area contributed by atoms with Gasteiger partial charge < -0.3 is 10.2 Å². The van der Waals surface area contributed by atoms with Gasteiger partial charge in [0.1, 0.15) is 28.7 Å². The number of hydrogen-bond donors (Lipinski definition) is 1. The Morgan fingerprint density at radius 2 is 1.98 bits per heavy atom. The van der Waals surface area contributed by atoms with Crippen LogP contribution in [0.25, 0.3) is 27.7 Å². The summed E-state index contributed by atoms with van der Waals surface area (Å²) in [5, 5.41) is 12.3. The second-order valence-electron chi connectivity index (χ2n) is 10.2. The predicted molar refractivity (Wildman–Crippen MR) is 149 cm³/mol. The van der Waals surface area contributed by atoms with Gasteiger partial charge in [0.25, 0.3) is 0 Å². The summed E-state index contributed by atoms with van der Waals surface area (Å²) in [4.78, 5) is 49.7. The zero-order valence-electron chi connectivity index (χ0n) is 21.4. The first-order valence-corrected chi connectivity index (χ1v) is 13.7. The Bertz CT molecular complexity index is 1850. The molecule has 2 fully saturated rings. The molecule has 12 heteroatoms. The average Bonchev–Trinajstić information content (AvgIpc) is 3.26. The highest BCUT2D eigenvalue weighted by molar-refractivity contribution is 9.10. The van der Waals surface area contributed by atoms with E-state index >= 15 is 0 Å². The fraction of sp³-hybridized carbons (Fsp3) is 0.250. The van der Waals surface area contributed by atoms with Crippen molar-refractivity contribution in [2.45, 2.75) is 38.4 Å². The maximum atomic E-state index is 13.6. The van der Waals surface area contributed by atoms with Crippen molar-refractivity contribution in [1.82, 2.24) is 34.3 Å². The Morgan fingerprint density at radius 1 is 1.10 bits per heavy atom. The fourth-order valence-electron chi connectivity index (χ4n) is 5.64. The van der Waals surface area contributed by atoms with Gasteiger partial charge in [-0.05, 0) is 64.5 Å². The summed E-state index contributed by atoms with van der Waals surface area (Å²) in [5.74, 6) is 0.0867. The van der Waals surface area contributed by atoms with Crippen LogP contribution in [0.3, 0.4) is 0 Å². The molecule has 7 rings (SSSR count). The SMILES string of the molecule is CC(=O)c1nn(CC(=O)N2[C@@H]3C[C@@H]3C[C@H]2C(=O)Nc2cccc(Br)n2)c2ccc(-c3cnc4ccnn4c3)cc12. The molecule has 1 aliphatic heterocycles. The van der Waals surface area contributed by atoms with Crippen LogP contribution in [0.1, 0.15) is 30.3 Å². The van der Waals surface area contributed by atoms with Crippen LogP contribution in [0.4, 0.5) is 5.82 Å². The lowest BCUT2D eigenvalue weighted by atomic mass is 10.0. The van der Waals surface area contributed by atoms with Crippen LogP contribution in [0.15, 0.2) is 65.7 Å². The first-order valence-electron chi connectivity index (χ1n) is 12.9. The van der Waals surface area contributed by atoms with Crippen LogP contribution in [-0.2, 0) is 16.1 Å². The molecule has 1 N–H and O–H groups in total. The summed E-state index contributed by atoms with van der Waals surface area (Å²) in [7, 11) is 0. The van der Waals surface area contributed by atoms with Gasteiger partial charge in [-0.2, -0.15) is 10.2 Å². The van der Waals surface area contributed by atoms with E-state index in [0.717, 1.165) is 23.2 Å². The van der Waals surface area contributed by atoms with Crippen LogP contribution in [0, 0.1) is 5.92 Å². The Morgan fingerprint density at radius 3 is 2.80 bits per heavy atom. The number of piperidine rings is 1. The van der Waals surface area contributed by atoms with Gasteiger partial charge in [-0.25, -0.2) is 14.5 Å². The number of likely N-dealkylation sites (tertiary alicyclic amines) is 1. The van der Waals surface area contributed by atoms with Crippen molar-refractivity contribution in [3.8, 4) is 11.1 Å². The smallest absolute Gasteiger partial charge is 0.248 e. The molecule has 0 bridgehead atoms. The molecule has 1 saturated carbocycles. The highest BCUT2D eigenvalue weighted by atomic mass is 79.9. The maximum absolute atomic E-state index is 13.6. The number of carbonyl (C=O) groups excluding carboxylic acids is 3. The highest BCUT2D eigenvalue weighted by Crippen LogP contribution is 2.48. The zero-order valence-corrected chi connectivity index (χ0v) is 22.9. The predicted octanol–water partition coefficient (Wildman–Crippen LogP) is 3.73. The number of nitrogens with one attached hydrogen (secondary N) is 1. The van der Waals surface area contributed by atoms with Crippen LogP contribution >= 0.6 is 15.9 Å². The molecule has 5 heterocycles. The quantitative estimate of drug-likeness (QED) is 0.233. The summed E-state index contributed by atoms with van der Waals surface area (Å²) in [6, 6.07) is 12.2. The monoisotopic (exact) mass is 598 g/mol. The van der Waals surface area contributed by atoms with E-state index in [9.17, 15) is 14.4 Å². The summed E-state index contributed by atoms with van der Waals surface area (Å²) < 4.78 is 3.86. The van der Waals surface area contributed by atoms with Gasteiger partial charge >= 0.3 is 0 Å². The molecular weight excluding hydrogens is 576 g/mol. The van der Waals surface area contributed by atoms with Crippen molar-refractivity contribution in [3.63, 3.8) is 0 Å². The van der Waals surface area contributed by atoms with Gasteiger partial charge in [-0.15, -0.1) is 0 Å². The molecule has 0 radical (unpaired) electrons. The number of ketones is 1. The van der Waals surface area contributed by atoms with Gasteiger partial charge in [0.15, 0.2) is 11.4 Å². The topological polar surface area (TPSA) is 127 Å². The number of Topliss-reactive ketones (excluding diaryl/α,β-unsaturated/α-hetero) is 1. The van der Waals surface area contributed by atoms with E-state index in [1.807, 2.05) is 30.5 Å². The Labute approximate surface area is 236 Å². The van der Waals surface area contributed by atoms with Crippen LogP contribution in [0.2, 0.25) is 0 Å². The number of amides is 2. The van der Waals surface area contributed by atoms with Gasteiger partial charge in [0.2, 0.25) is 11.8 Å². The first kappa shape index (κ1) is 24.6. The lowest BCUT2D eigenvalue weighted by molar-refractivity contribution is -0.138. The molecule has 3 atom stereocenters. The number of pyridine rings is 1. The van der Waals surface area contributed by atoms with Gasteiger partial charge in [0, 0.05) is 42.4 Å². The third-order valence-corrected chi connectivity index (χ3v) is 8.05. The summed E-state index contributed by atoms with van der Waals surface area (Å²) >= 11 is 3.31. The van der Waals surface area contributed by atoms with Gasteiger partial charge in [0.05, 0.1) is 11.7 Å². The third-order valence-electron chi connectivity index (χ3n) is 7.61. The normalized spacial score (nSPS) is 19.6. The molecule has 2 amide bonds. The van der Waals surface area contributed by atoms with Crippen molar-refractivity contribution in [1.29, 1.82) is 0 Å². The first-order chi connectivity index (χ1) is 19.4. The number of halogens is 1. The number of carbonyl (C=O) groups is 3. The maximum Gasteiger partial charge on any atom is 0.248 e. The molecule has 40 heavy (non-hydrogen) atoms. The van der Waals surface area contributed by atoms with E-state index in [2.05, 4.69) is 41.4 Å². The van der Waals surface area contributed by atoms with Crippen molar-refractivity contribution < 1.29 is 14.4 Å². The molecule has 0 spiro atoms. The number of anilines is 1. The molecule has 5 aromatic rings. The second kappa shape index (κ2) is 9.33. The van der Waals surface area contributed by atoms with E-state index in [1.54, 1.807) is 44.7 Å². The second-order valence-corrected chi connectivity index (χ2v) is 11.0. The molecule has 1 saturated heterocycles. The molecular formula is C28H23BrN8O3. The van der Waals surface area contributed by atoms with Crippen molar-refractivity contribution >= 4 is 55.9 Å². The van der Waals surface area contributed by atoms with Crippen molar-refractivity contribution in [2.75, 3.05) is 5.32 Å². The number of fused-ring (bicyclic) bond motifs is 3. The summed E-state index contributed by atoms with van der Waals surface area (Å²) in [6.45, 7) is 1.38. The Hall–Kier alpha value is -4.45. The fourth-order valence-corrected chi connectivity index (χ4v) is 5.99. The van der Waals surface area contributed by atoms with Crippen LogP contribution < -0.4 is 5.32 Å². The Balaban J connectivity index is 1.17. The minimum Gasteiger partial charge on any atom is -0.326 e. The minimum atomic E-state index is -0.581. The molecule has 0 unspecified atom stereocenters. The minimum absolute atomic E-state index is 0.0455. The third kappa shape index (κ3) is 4.24.